The van der Waals surface area contributed by atoms with Crippen molar-refractivity contribution >= 4 is 39.0 Å². The predicted octanol–water partition coefficient (Wildman–Crippen LogP) is 3.72. The molecule has 0 spiro atoms. The summed E-state index contributed by atoms with van der Waals surface area (Å²) in [5, 5.41) is 13.4. The fraction of sp³-hybridized carbons (Fsp3) is 0.0909. The Hall–Kier alpha value is -4.32. The minimum absolute atomic E-state index is 0.148. The van der Waals surface area contributed by atoms with E-state index in [9.17, 15) is 32.5 Å². The van der Waals surface area contributed by atoms with Gasteiger partial charge >= 0.3 is 5.97 Å². The number of sulfonamides is 1. The molecule has 3 aromatic rings. The van der Waals surface area contributed by atoms with Crippen LogP contribution in [0.15, 0.2) is 77.7 Å². The summed E-state index contributed by atoms with van der Waals surface area (Å²) in [6.07, 6.45) is -1.26. The van der Waals surface area contributed by atoms with Crippen molar-refractivity contribution in [3.8, 4) is 0 Å². The molecular formula is C22H18FN3O7S. The number of non-ortho nitro benzene ring substituents is 1. The van der Waals surface area contributed by atoms with Gasteiger partial charge in [-0.3, -0.25) is 19.6 Å². The molecule has 0 saturated carbocycles. The first-order valence-electron chi connectivity index (χ1n) is 9.70. The highest BCUT2D eigenvalue weighted by atomic mass is 32.2. The van der Waals surface area contributed by atoms with Gasteiger partial charge in [-0.05, 0) is 49.4 Å². The summed E-state index contributed by atoms with van der Waals surface area (Å²) >= 11 is 0. The quantitative estimate of drug-likeness (QED) is 0.280. The molecule has 2 N–H and O–H groups in total. The van der Waals surface area contributed by atoms with E-state index < -0.39 is 44.4 Å². The van der Waals surface area contributed by atoms with Gasteiger partial charge in [0.15, 0.2) is 6.10 Å². The summed E-state index contributed by atoms with van der Waals surface area (Å²) in [6.45, 7) is 1.31. The molecular weight excluding hydrogens is 469 g/mol. The van der Waals surface area contributed by atoms with Gasteiger partial charge in [0.1, 0.15) is 5.82 Å². The molecule has 0 saturated heterocycles. The lowest BCUT2D eigenvalue weighted by Crippen LogP contribution is -2.30. The highest BCUT2D eigenvalue weighted by Crippen LogP contribution is 2.23. The molecule has 3 aromatic carbocycles. The molecule has 3 rings (SSSR count). The van der Waals surface area contributed by atoms with Gasteiger partial charge in [0.2, 0.25) is 0 Å². The summed E-state index contributed by atoms with van der Waals surface area (Å²) in [4.78, 5) is 34.8. The van der Waals surface area contributed by atoms with Crippen molar-refractivity contribution in [1.29, 1.82) is 0 Å². The number of nitrogens with zero attached hydrogens (tertiary/aromatic N) is 1. The Morgan fingerprint density at radius 3 is 2.38 bits per heavy atom. The van der Waals surface area contributed by atoms with Crippen molar-refractivity contribution in [3.05, 3.63) is 94.3 Å². The van der Waals surface area contributed by atoms with E-state index in [1.165, 1.54) is 49.4 Å². The van der Waals surface area contributed by atoms with Gasteiger partial charge in [-0.1, -0.05) is 18.2 Å². The van der Waals surface area contributed by atoms with Crippen LogP contribution in [-0.4, -0.2) is 31.3 Å². The van der Waals surface area contributed by atoms with Crippen LogP contribution in [0.4, 0.5) is 21.5 Å². The Kier molecular flexibility index (Phi) is 7.21. The van der Waals surface area contributed by atoms with E-state index >= 15 is 0 Å². The molecule has 0 aliphatic rings. The minimum Gasteiger partial charge on any atom is -0.449 e. The van der Waals surface area contributed by atoms with E-state index in [1.54, 1.807) is 0 Å². The Morgan fingerprint density at radius 2 is 1.71 bits per heavy atom. The number of amides is 1. The second-order valence-corrected chi connectivity index (χ2v) is 8.63. The van der Waals surface area contributed by atoms with Crippen molar-refractivity contribution in [2.45, 2.75) is 17.9 Å². The number of benzene rings is 3. The van der Waals surface area contributed by atoms with E-state index in [4.69, 9.17) is 4.74 Å². The molecule has 0 heterocycles. The molecule has 10 nitrogen and oxygen atoms in total. The number of ether oxygens (including phenoxy) is 1. The van der Waals surface area contributed by atoms with Crippen LogP contribution < -0.4 is 10.0 Å². The monoisotopic (exact) mass is 487 g/mol. The molecule has 1 unspecified atom stereocenters. The van der Waals surface area contributed by atoms with E-state index in [0.717, 1.165) is 30.3 Å². The van der Waals surface area contributed by atoms with Crippen molar-refractivity contribution in [1.82, 2.24) is 0 Å². The maximum Gasteiger partial charge on any atom is 0.341 e. The highest BCUT2D eigenvalue weighted by Gasteiger charge is 2.24. The van der Waals surface area contributed by atoms with E-state index in [-0.39, 0.29) is 16.1 Å². The molecule has 0 aliphatic carbocycles. The van der Waals surface area contributed by atoms with Crippen molar-refractivity contribution in [2.75, 3.05) is 10.0 Å². The topological polar surface area (TPSA) is 145 Å². The first-order valence-corrected chi connectivity index (χ1v) is 11.2. The Morgan fingerprint density at radius 1 is 1.03 bits per heavy atom. The van der Waals surface area contributed by atoms with Crippen LogP contribution in [0.5, 0.6) is 0 Å². The Balaban J connectivity index is 1.75. The van der Waals surface area contributed by atoms with E-state index in [1.807, 2.05) is 0 Å². The van der Waals surface area contributed by atoms with Crippen molar-refractivity contribution in [3.63, 3.8) is 0 Å². The molecule has 1 amide bonds. The molecule has 176 valence electrons. The zero-order valence-electron chi connectivity index (χ0n) is 17.6. The number of nitrogens with one attached hydrogen (secondary N) is 2. The van der Waals surface area contributed by atoms with Gasteiger partial charge in [-0.25, -0.2) is 17.6 Å². The third-order valence-electron chi connectivity index (χ3n) is 4.49. The van der Waals surface area contributed by atoms with Crippen LogP contribution in [0.2, 0.25) is 0 Å². The highest BCUT2D eigenvalue weighted by molar-refractivity contribution is 7.92. The lowest BCUT2D eigenvalue weighted by atomic mass is 10.2. The van der Waals surface area contributed by atoms with E-state index in [0.29, 0.717) is 5.69 Å². The number of halogens is 1. The molecule has 0 fully saturated rings. The number of hydrogen-bond acceptors (Lipinski definition) is 7. The molecule has 1 atom stereocenters. The van der Waals surface area contributed by atoms with Crippen LogP contribution in [0.3, 0.4) is 0 Å². The minimum atomic E-state index is -4.29. The average Bonchev–Trinajstić information content (AvgIpc) is 2.80. The lowest BCUT2D eigenvalue weighted by Gasteiger charge is -2.16. The normalized spacial score (nSPS) is 11.8. The summed E-state index contributed by atoms with van der Waals surface area (Å²) in [5.74, 6) is -2.16. The Labute approximate surface area is 193 Å². The number of esters is 1. The average molecular weight is 487 g/mol. The number of nitro groups is 1. The number of anilines is 2. The molecule has 34 heavy (non-hydrogen) atoms. The molecule has 0 aromatic heterocycles. The van der Waals surface area contributed by atoms with E-state index in [2.05, 4.69) is 10.0 Å². The number of para-hydroxylation sites is 1. The molecule has 0 radical (unpaired) electrons. The van der Waals surface area contributed by atoms with Gasteiger partial charge in [0.05, 0.1) is 21.1 Å². The van der Waals surface area contributed by atoms with Gasteiger partial charge in [0, 0.05) is 17.8 Å². The van der Waals surface area contributed by atoms with Gasteiger partial charge in [-0.15, -0.1) is 0 Å². The maximum atomic E-state index is 13.0. The third-order valence-corrected chi connectivity index (χ3v) is 5.86. The number of rotatable bonds is 8. The first kappa shape index (κ1) is 24.3. The van der Waals surface area contributed by atoms with Crippen LogP contribution in [0.1, 0.15) is 17.3 Å². The molecule has 0 bridgehead atoms. The SMILES string of the molecule is CC(OC(=O)c1ccccc1NS(=O)(=O)c1cccc([N+](=O)[O-])c1)C(=O)Nc1ccc(F)cc1. The molecule has 0 aliphatic heterocycles. The first-order chi connectivity index (χ1) is 16.1. The molecule has 12 heteroatoms. The third kappa shape index (κ3) is 5.92. The van der Waals surface area contributed by atoms with Gasteiger partial charge in [0.25, 0.3) is 21.6 Å². The van der Waals surface area contributed by atoms with Crippen LogP contribution >= 0.6 is 0 Å². The lowest BCUT2D eigenvalue weighted by molar-refractivity contribution is -0.385. The number of carbonyl (C=O) groups excluding carboxylic acids is 2. The van der Waals surface area contributed by atoms with Crippen LogP contribution in [0.25, 0.3) is 0 Å². The van der Waals surface area contributed by atoms with Crippen LogP contribution in [0, 0.1) is 15.9 Å². The smallest absolute Gasteiger partial charge is 0.341 e. The summed E-state index contributed by atoms with van der Waals surface area (Å²) < 4.78 is 45.8. The van der Waals surface area contributed by atoms with Crippen molar-refractivity contribution < 1.29 is 32.1 Å². The van der Waals surface area contributed by atoms with Gasteiger partial charge in [-0.2, -0.15) is 0 Å². The fourth-order valence-electron chi connectivity index (χ4n) is 2.77. The van der Waals surface area contributed by atoms with Gasteiger partial charge < -0.3 is 10.1 Å². The zero-order valence-corrected chi connectivity index (χ0v) is 18.4. The largest absolute Gasteiger partial charge is 0.449 e. The second kappa shape index (κ2) is 10.1. The maximum absolute atomic E-state index is 13.0. The second-order valence-electron chi connectivity index (χ2n) is 6.95. The predicted molar refractivity (Wildman–Crippen MR) is 120 cm³/mol. The van der Waals surface area contributed by atoms with Crippen molar-refractivity contribution in [2.24, 2.45) is 0 Å². The summed E-state index contributed by atoms with van der Waals surface area (Å²) in [6, 6.07) is 14.9. The number of hydrogen-bond donors (Lipinski definition) is 2. The van der Waals surface area contributed by atoms with Crippen LogP contribution in [-0.2, 0) is 19.6 Å². The standard InChI is InChI=1S/C22H18FN3O7S/c1-14(21(27)24-16-11-9-15(23)10-12-16)33-22(28)19-7-2-3-8-20(19)25-34(31,32)18-6-4-5-17(13-18)26(29)30/h2-14,25H,1H3,(H,24,27). The zero-order chi connectivity index (χ0) is 24.9. The number of nitro benzene ring substituents is 1. The number of carbonyl (C=O) groups is 2. The summed E-state index contributed by atoms with van der Waals surface area (Å²) in [5.41, 5.74) is -0.459. The summed E-state index contributed by atoms with van der Waals surface area (Å²) in [7, 11) is -4.29. The fourth-order valence-corrected chi connectivity index (χ4v) is 3.89. The Bertz CT molecular complexity index is 1340.